The van der Waals surface area contributed by atoms with Crippen LogP contribution in [0.2, 0.25) is 0 Å². The SMILES string of the molecule is CCn1nc(C)cc1C(=O)N(CCN(C)C)c1nc2c(C)c(C)ccc2s1. The summed E-state index contributed by atoms with van der Waals surface area (Å²) in [5, 5.41) is 5.17. The van der Waals surface area contributed by atoms with Crippen LogP contribution in [0.25, 0.3) is 10.2 Å². The average Bonchev–Trinajstić information content (AvgIpc) is 3.21. The van der Waals surface area contributed by atoms with E-state index in [9.17, 15) is 4.79 Å². The molecule has 0 aliphatic heterocycles. The largest absolute Gasteiger partial charge is 0.308 e. The zero-order chi connectivity index (χ0) is 19.7. The van der Waals surface area contributed by atoms with Crippen LogP contribution in [0.3, 0.4) is 0 Å². The van der Waals surface area contributed by atoms with Crippen LogP contribution in [-0.4, -0.2) is 52.8 Å². The lowest BCUT2D eigenvalue weighted by molar-refractivity contribution is 0.0975. The molecule has 2 heterocycles. The number of nitrogens with zero attached hydrogens (tertiary/aromatic N) is 5. The number of aryl methyl sites for hydroxylation is 4. The van der Waals surface area contributed by atoms with E-state index in [4.69, 9.17) is 4.98 Å². The van der Waals surface area contributed by atoms with Crippen molar-refractivity contribution in [1.29, 1.82) is 0 Å². The lowest BCUT2D eigenvalue weighted by atomic mass is 10.1. The topological polar surface area (TPSA) is 54.3 Å². The Kier molecular flexibility index (Phi) is 5.62. The van der Waals surface area contributed by atoms with Crippen LogP contribution < -0.4 is 4.90 Å². The predicted molar refractivity (Wildman–Crippen MR) is 112 cm³/mol. The molecule has 0 saturated carbocycles. The zero-order valence-electron chi connectivity index (χ0n) is 16.9. The van der Waals surface area contributed by atoms with Gasteiger partial charge in [-0.15, -0.1) is 0 Å². The van der Waals surface area contributed by atoms with Gasteiger partial charge in [0.15, 0.2) is 5.13 Å². The zero-order valence-corrected chi connectivity index (χ0v) is 17.7. The Balaban J connectivity index is 2.05. The maximum absolute atomic E-state index is 13.4. The van der Waals surface area contributed by atoms with Crippen molar-refractivity contribution in [2.24, 2.45) is 0 Å². The van der Waals surface area contributed by atoms with Crippen molar-refractivity contribution >= 4 is 32.6 Å². The minimum Gasteiger partial charge on any atom is -0.308 e. The lowest BCUT2D eigenvalue weighted by Gasteiger charge is -2.22. The third-order valence-corrected chi connectivity index (χ3v) is 5.78. The van der Waals surface area contributed by atoms with E-state index in [0.717, 1.165) is 27.6 Å². The first kappa shape index (κ1) is 19.5. The molecule has 0 aliphatic rings. The number of aromatic nitrogens is 3. The van der Waals surface area contributed by atoms with Gasteiger partial charge in [-0.2, -0.15) is 5.10 Å². The predicted octanol–water partition coefficient (Wildman–Crippen LogP) is 3.65. The standard InChI is InChI=1S/C20H27N5OS/c1-7-25-16(12-14(3)22-25)19(26)24(11-10-23(5)6)20-21-18-15(4)13(2)8-9-17(18)27-20/h8-9,12H,7,10-11H2,1-6H3. The summed E-state index contributed by atoms with van der Waals surface area (Å²) < 4.78 is 2.87. The number of anilines is 1. The number of hydrogen-bond acceptors (Lipinski definition) is 5. The van der Waals surface area contributed by atoms with Gasteiger partial charge in [0.1, 0.15) is 5.69 Å². The summed E-state index contributed by atoms with van der Waals surface area (Å²) in [6, 6.07) is 6.06. The number of carbonyl (C=O) groups excluding carboxylic acids is 1. The second kappa shape index (κ2) is 7.78. The van der Waals surface area contributed by atoms with Crippen LogP contribution >= 0.6 is 11.3 Å². The molecular formula is C20H27N5OS. The molecule has 0 atom stereocenters. The van der Waals surface area contributed by atoms with Gasteiger partial charge < -0.3 is 4.90 Å². The Labute approximate surface area is 164 Å². The second-order valence-corrected chi connectivity index (χ2v) is 8.11. The third kappa shape index (κ3) is 3.89. The number of fused-ring (bicyclic) bond motifs is 1. The van der Waals surface area contributed by atoms with Crippen molar-refractivity contribution in [3.63, 3.8) is 0 Å². The average molecular weight is 386 g/mol. The van der Waals surface area contributed by atoms with E-state index < -0.39 is 0 Å². The van der Waals surface area contributed by atoms with E-state index >= 15 is 0 Å². The number of amides is 1. The molecule has 27 heavy (non-hydrogen) atoms. The van der Waals surface area contributed by atoms with Crippen molar-refractivity contribution in [3.05, 3.63) is 40.7 Å². The molecular weight excluding hydrogens is 358 g/mol. The van der Waals surface area contributed by atoms with E-state index in [1.807, 2.05) is 34.0 Å². The molecule has 3 rings (SSSR count). The highest BCUT2D eigenvalue weighted by Crippen LogP contribution is 2.32. The molecule has 6 nitrogen and oxygen atoms in total. The summed E-state index contributed by atoms with van der Waals surface area (Å²) in [5.41, 5.74) is 4.83. The molecule has 0 fully saturated rings. The molecule has 2 aromatic heterocycles. The quantitative estimate of drug-likeness (QED) is 0.650. The lowest BCUT2D eigenvalue weighted by Crippen LogP contribution is -2.37. The molecule has 3 aromatic rings. The molecule has 1 amide bonds. The number of carbonyl (C=O) groups is 1. The Morgan fingerprint density at radius 1 is 1.19 bits per heavy atom. The van der Waals surface area contributed by atoms with Crippen LogP contribution in [-0.2, 0) is 6.54 Å². The maximum atomic E-state index is 13.4. The van der Waals surface area contributed by atoms with E-state index in [1.165, 1.54) is 11.1 Å². The van der Waals surface area contributed by atoms with Gasteiger partial charge in [0.05, 0.1) is 15.9 Å². The minimum atomic E-state index is -0.0484. The van der Waals surface area contributed by atoms with Gasteiger partial charge in [-0.05, 0) is 65.0 Å². The molecule has 0 aliphatic carbocycles. The summed E-state index contributed by atoms with van der Waals surface area (Å²) in [4.78, 5) is 22.1. The van der Waals surface area contributed by atoms with Crippen LogP contribution in [0, 0.1) is 20.8 Å². The van der Waals surface area contributed by atoms with Crippen LogP contribution in [0.5, 0.6) is 0 Å². The van der Waals surface area contributed by atoms with Crippen LogP contribution in [0.4, 0.5) is 5.13 Å². The maximum Gasteiger partial charge on any atom is 0.278 e. The number of thiazole rings is 1. The molecule has 0 radical (unpaired) electrons. The first-order valence-corrected chi connectivity index (χ1v) is 10.0. The molecule has 0 bridgehead atoms. The summed E-state index contributed by atoms with van der Waals surface area (Å²) in [6.45, 7) is 10.1. The molecule has 1 aromatic carbocycles. The highest BCUT2D eigenvalue weighted by Gasteiger charge is 2.25. The Morgan fingerprint density at radius 2 is 1.93 bits per heavy atom. The highest BCUT2D eigenvalue weighted by atomic mass is 32.1. The van der Waals surface area contributed by atoms with Gasteiger partial charge in [-0.3, -0.25) is 14.4 Å². The Morgan fingerprint density at radius 3 is 2.59 bits per heavy atom. The fraction of sp³-hybridized carbons (Fsp3) is 0.450. The summed E-state index contributed by atoms with van der Waals surface area (Å²) in [7, 11) is 4.02. The summed E-state index contributed by atoms with van der Waals surface area (Å²) >= 11 is 1.57. The van der Waals surface area contributed by atoms with Crippen LogP contribution in [0.1, 0.15) is 34.2 Å². The normalized spacial score (nSPS) is 11.5. The molecule has 7 heteroatoms. The van der Waals surface area contributed by atoms with Crippen molar-refractivity contribution in [2.45, 2.75) is 34.2 Å². The van der Waals surface area contributed by atoms with E-state index in [0.29, 0.717) is 18.8 Å². The van der Waals surface area contributed by atoms with Crippen LogP contribution in [0.15, 0.2) is 18.2 Å². The molecule has 0 saturated heterocycles. The van der Waals surface area contributed by atoms with Gasteiger partial charge in [-0.25, -0.2) is 4.98 Å². The first-order chi connectivity index (χ1) is 12.8. The number of hydrogen-bond donors (Lipinski definition) is 0. The number of rotatable bonds is 6. The van der Waals surface area contributed by atoms with E-state index in [1.54, 1.807) is 20.9 Å². The van der Waals surface area contributed by atoms with Gasteiger partial charge in [0.25, 0.3) is 5.91 Å². The Hall–Kier alpha value is -2.25. The fourth-order valence-electron chi connectivity index (χ4n) is 3.01. The van der Waals surface area contributed by atoms with Gasteiger partial charge in [0, 0.05) is 19.6 Å². The van der Waals surface area contributed by atoms with Crippen molar-refractivity contribution in [1.82, 2.24) is 19.7 Å². The third-order valence-electron chi connectivity index (χ3n) is 4.74. The van der Waals surface area contributed by atoms with E-state index in [2.05, 4.69) is 36.0 Å². The van der Waals surface area contributed by atoms with E-state index in [-0.39, 0.29) is 5.91 Å². The van der Waals surface area contributed by atoms with Crippen molar-refractivity contribution in [2.75, 3.05) is 32.1 Å². The monoisotopic (exact) mass is 385 g/mol. The smallest absolute Gasteiger partial charge is 0.278 e. The van der Waals surface area contributed by atoms with Gasteiger partial charge in [-0.1, -0.05) is 17.4 Å². The first-order valence-electron chi connectivity index (χ1n) is 9.19. The highest BCUT2D eigenvalue weighted by molar-refractivity contribution is 7.22. The van der Waals surface area contributed by atoms with Crippen molar-refractivity contribution in [3.8, 4) is 0 Å². The molecule has 144 valence electrons. The summed E-state index contributed by atoms with van der Waals surface area (Å²) in [5.74, 6) is -0.0484. The number of benzene rings is 1. The Bertz CT molecular complexity index is 972. The molecule has 0 N–H and O–H groups in total. The number of likely N-dealkylation sites (N-methyl/N-ethyl adjacent to an activating group) is 1. The molecule has 0 unspecified atom stereocenters. The summed E-state index contributed by atoms with van der Waals surface area (Å²) in [6.07, 6.45) is 0. The molecule has 0 spiro atoms. The fourth-order valence-corrected chi connectivity index (χ4v) is 4.06. The minimum absolute atomic E-state index is 0.0484. The van der Waals surface area contributed by atoms with Gasteiger partial charge >= 0.3 is 0 Å². The van der Waals surface area contributed by atoms with Gasteiger partial charge in [0.2, 0.25) is 0 Å². The van der Waals surface area contributed by atoms with Crippen molar-refractivity contribution < 1.29 is 4.79 Å². The second-order valence-electron chi connectivity index (χ2n) is 7.10.